The van der Waals surface area contributed by atoms with Crippen LogP contribution in [0.4, 0.5) is 0 Å². The number of benzene rings is 1. The van der Waals surface area contributed by atoms with Crippen molar-refractivity contribution >= 4 is 5.91 Å². The van der Waals surface area contributed by atoms with Crippen LogP contribution < -0.4 is 10.5 Å². The topological polar surface area (TPSA) is 55.6 Å². The van der Waals surface area contributed by atoms with E-state index in [1.165, 1.54) is 12.8 Å². The molecule has 2 N–H and O–H groups in total. The van der Waals surface area contributed by atoms with Crippen molar-refractivity contribution in [2.75, 3.05) is 13.1 Å². The van der Waals surface area contributed by atoms with Crippen LogP contribution in [-0.2, 0) is 0 Å². The van der Waals surface area contributed by atoms with Gasteiger partial charge in [-0.1, -0.05) is 6.07 Å². The fourth-order valence-corrected chi connectivity index (χ4v) is 3.66. The first kappa shape index (κ1) is 15.3. The van der Waals surface area contributed by atoms with E-state index in [1.807, 2.05) is 29.2 Å². The van der Waals surface area contributed by atoms with Gasteiger partial charge < -0.3 is 15.4 Å². The lowest BCUT2D eigenvalue weighted by Crippen LogP contribution is -2.34. The number of nitrogens with zero attached hydrogens (tertiary/aromatic N) is 1. The number of hydrogen-bond donors (Lipinski definition) is 1. The number of carbonyl (C=O) groups excluding carboxylic acids is 1. The third-order valence-corrected chi connectivity index (χ3v) is 4.94. The smallest absolute Gasteiger partial charge is 0.254 e. The molecule has 3 rings (SSSR count). The molecule has 4 nitrogen and oxygen atoms in total. The number of likely N-dealkylation sites (tertiary alicyclic amines) is 1. The molecular formula is C18H26N2O2. The van der Waals surface area contributed by atoms with Crippen molar-refractivity contribution in [2.45, 2.75) is 51.2 Å². The summed E-state index contributed by atoms with van der Waals surface area (Å²) in [6.07, 6.45) is 6.06. The first-order chi connectivity index (χ1) is 10.7. The summed E-state index contributed by atoms with van der Waals surface area (Å²) in [5.74, 6) is 1.34. The van der Waals surface area contributed by atoms with E-state index in [1.54, 1.807) is 0 Å². The largest absolute Gasteiger partial charge is 0.490 e. The van der Waals surface area contributed by atoms with Gasteiger partial charge in [-0.25, -0.2) is 0 Å². The minimum absolute atomic E-state index is 0.0975. The zero-order chi connectivity index (χ0) is 15.5. The second-order valence-corrected chi connectivity index (χ2v) is 6.70. The molecular weight excluding hydrogens is 276 g/mol. The Labute approximate surface area is 132 Å². The Morgan fingerprint density at radius 1 is 1.36 bits per heavy atom. The maximum atomic E-state index is 12.7. The van der Waals surface area contributed by atoms with Crippen LogP contribution in [0.1, 0.15) is 49.4 Å². The summed E-state index contributed by atoms with van der Waals surface area (Å²) in [6, 6.07) is 7.90. The van der Waals surface area contributed by atoms with Crippen molar-refractivity contribution in [2.24, 2.45) is 11.7 Å². The van der Waals surface area contributed by atoms with Gasteiger partial charge in [0.15, 0.2) is 0 Å². The van der Waals surface area contributed by atoms with Gasteiger partial charge in [0.25, 0.3) is 5.91 Å². The summed E-state index contributed by atoms with van der Waals surface area (Å²) in [6.45, 7) is 3.52. The number of rotatable bonds is 4. The molecule has 1 aliphatic heterocycles. The van der Waals surface area contributed by atoms with Gasteiger partial charge in [-0.15, -0.1) is 0 Å². The van der Waals surface area contributed by atoms with Crippen molar-refractivity contribution in [1.29, 1.82) is 0 Å². The van der Waals surface area contributed by atoms with Crippen molar-refractivity contribution in [3.05, 3.63) is 29.8 Å². The summed E-state index contributed by atoms with van der Waals surface area (Å²) in [4.78, 5) is 14.7. The van der Waals surface area contributed by atoms with Gasteiger partial charge >= 0.3 is 0 Å². The molecule has 1 saturated carbocycles. The Bertz CT molecular complexity index is 526. The first-order valence-electron chi connectivity index (χ1n) is 8.45. The van der Waals surface area contributed by atoms with Crippen molar-refractivity contribution in [3.63, 3.8) is 0 Å². The molecule has 1 aliphatic carbocycles. The van der Waals surface area contributed by atoms with E-state index < -0.39 is 0 Å². The van der Waals surface area contributed by atoms with Crippen LogP contribution in [0.25, 0.3) is 0 Å². The van der Waals surface area contributed by atoms with Crippen molar-refractivity contribution in [1.82, 2.24) is 4.90 Å². The quantitative estimate of drug-likeness (QED) is 0.930. The van der Waals surface area contributed by atoms with E-state index in [2.05, 4.69) is 6.92 Å². The highest BCUT2D eigenvalue weighted by molar-refractivity contribution is 5.95. The highest BCUT2D eigenvalue weighted by Gasteiger charge is 2.32. The van der Waals surface area contributed by atoms with E-state index in [0.29, 0.717) is 18.6 Å². The third-order valence-electron chi connectivity index (χ3n) is 4.94. The third kappa shape index (κ3) is 3.27. The summed E-state index contributed by atoms with van der Waals surface area (Å²) >= 11 is 0. The van der Waals surface area contributed by atoms with Gasteiger partial charge in [0.1, 0.15) is 5.75 Å². The van der Waals surface area contributed by atoms with Crippen LogP contribution in [0, 0.1) is 5.92 Å². The summed E-state index contributed by atoms with van der Waals surface area (Å²) in [5, 5.41) is 0. The predicted molar refractivity (Wildman–Crippen MR) is 87.0 cm³/mol. The van der Waals surface area contributed by atoms with Crippen LogP contribution in [0.2, 0.25) is 0 Å². The van der Waals surface area contributed by atoms with Gasteiger partial charge in [-0.3, -0.25) is 4.79 Å². The highest BCUT2D eigenvalue weighted by Crippen LogP contribution is 2.27. The zero-order valence-corrected chi connectivity index (χ0v) is 13.3. The monoisotopic (exact) mass is 302 g/mol. The average Bonchev–Trinajstić information content (AvgIpc) is 3.16. The van der Waals surface area contributed by atoms with Gasteiger partial charge in [0.2, 0.25) is 0 Å². The lowest BCUT2D eigenvalue weighted by atomic mass is 10.1. The molecule has 4 heteroatoms. The molecule has 0 aromatic heterocycles. The van der Waals surface area contributed by atoms with Crippen LogP contribution in [-0.4, -0.2) is 36.0 Å². The maximum absolute atomic E-state index is 12.7. The lowest BCUT2D eigenvalue weighted by molar-refractivity contribution is 0.0742. The van der Waals surface area contributed by atoms with Gasteiger partial charge in [-0.2, -0.15) is 0 Å². The highest BCUT2D eigenvalue weighted by atomic mass is 16.5. The van der Waals surface area contributed by atoms with Crippen LogP contribution in [0.3, 0.4) is 0 Å². The molecule has 2 aliphatic rings. The van der Waals surface area contributed by atoms with Crippen LogP contribution in [0.5, 0.6) is 5.75 Å². The summed E-state index contributed by atoms with van der Waals surface area (Å²) in [7, 11) is 0. The van der Waals surface area contributed by atoms with Crippen molar-refractivity contribution in [3.8, 4) is 5.75 Å². The van der Waals surface area contributed by atoms with Crippen LogP contribution in [0.15, 0.2) is 24.3 Å². The van der Waals surface area contributed by atoms with E-state index in [0.717, 1.165) is 37.1 Å². The predicted octanol–water partition coefficient (Wildman–Crippen LogP) is 2.82. The maximum Gasteiger partial charge on any atom is 0.254 e. The molecule has 120 valence electrons. The second-order valence-electron chi connectivity index (χ2n) is 6.70. The second kappa shape index (κ2) is 6.69. The molecule has 2 unspecified atom stereocenters. The minimum Gasteiger partial charge on any atom is -0.490 e. The normalized spacial score (nSPS) is 25.6. The zero-order valence-electron chi connectivity index (χ0n) is 13.3. The summed E-state index contributed by atoms with van der Waals surface area (Å²) in [5.41, 5.74) is 6.48. The standard InChI is InChI=1S/C18H26N2O2/c1-13-9-14(11-19)12-20(13)18(21)15-5-4-8-17(10-15)22-16-6-2-3-7-16/h4-5,8,10,13-14,16H,2-3,6-7,9,11-12,19H2,1H3. The Hall–Kier alpha value is -1.55. The Morgan fingerprint density at radius 2 is 2.14 bits per heavy atom. The SMILES string of the molecule is CC1CC(CN)CN1C(=O)c1cccc(OC2CCCC2)c1. The fourth-order valence-electron chi connectivity index (χ4n) is 3.66. The lowest BCUT2D eigenvalue weighted by Gasteiger charge is -2.22. The molecule has 2 fully saturated rings. The van der Waals surface area contributed by atoms with E-state index in [4.69, 9.17) is 10.5 Å². The average molecular weight is 302 g/mol. The molecule has 0 spiro atoms. The number of ether oxygens (including phenoxy) is 1. The Kier molecular flexibility index (Phi) is 4.67. The molecule has 1 saturated heterocycles. The van der Waals surface area contributed by atoms with E-state index in [-0.39, 0.29) is 11.9 Å². The van der Waals surface area contributed by atoms with Crippen molar-refractivity contribution < 1.29 is 9.53 Å². The molecule has 2 atom stereocenters. The molecule has 1 amide bonds. The summed E-state index contributed by atoms with van der Waals surface area (Å²) < 4.78 is 6.01. The number of hydrogen-bond acceptors (Lipinski definition) is 3. The van der Waals surface area contributed by atoms with E-state index >= 15 is 0 Å². The Balaban J connectivity index is 1.69. The molecule has 1 aromatic carbocycles. The molecule has 22 heavy (non-hydrogen) atoms. The van der Waals surface area contributed by atoms with E-state index in [9.17, 15) is 4.79 Å². The molecule has 0 radical (unpaired) electrons. The van der Waals surface area contributed by atoms with Crippen LogP contribution >= 0.6 is 0 Å². The molecule has 0 bridgehead atoms. The fraction of sp³-hybridized carbons (Fsp3) is 0.611. The molecule has 1 heterocycles. The number of nitrogens with two attached hydrogens (primary N) is 1. The molecule has 1 aromatic rings. The van der Waals surface area contributed by atoms with Gasteiger partial charge in [0, 0.05) is 18.2 Å². The van der Waals surface area contributed by atoms with Gasteiger partial charge in [0.05, 0.1) is 6.10 Å². The van der Waals surface area contributed by atoms with Gasteiger partial charge in [-0.05, 0) is 69.7 Å². The number of amides is 1. The number of carbonyl (C=O) groups is 1. The minimum atomic E-state index is 0.0975. The Morgan fingerprint density at radius 3 is 2.82 bits per heavy atom. The first-order valence-corrected chi connectivity index (χ1v) is 8.45.